The van der Waals surface area contributed by atoms with Gasteiger partial charge in [-0.05, 0) is 71.9 Å². The van der Waals surface area contributed by atoms with Crippen LogP contribution in [0.2, 0.25) is 0 Å². The Bertz CT molecular complexity index is 777. The van der Waals surface area contributed by atoms with Gasteiger partial charge in [-0.1, -0.05) is 128 Å². The lowest BCUT2D eigenvalue weighted by Gasteiger charge is -2.19. The van der Waals surface area contributed by atoms with Gasteiger partial charge >= 0.3 is 18.0 Å². The zero-order valence-corrected chi connectivity index (χ0v) is 32.3. The van der Waals surface area contributed by atoms with Crippen LogP contribution in [0, 0.1) is 0 Å². The van der Waals surface area contributed by atoms with E-state index < -0.39 is 0 Å². The maximum absolute atomic E-state index is 12.5. The lowest BCUT2D eigenvalue weighted by atomic mass is 10.00. The molecule has 1 N–H and O–H groups in total. The fourth-order valence-corrected chi connectivity index (χ4v) is 5.60. The summed E-state index contributed by atoms with van der Waals surface area (Å²) in [6.45, 7) is 6.50. The molecule has 8 heteroatoms. The van der Waals surface area contributed by atoms with Crippen molar-refractivity contribution in [3.05, 3.63) is 24.3 Å². The Morgan fingerprint density at radius 2 is 1.00 bits per heavy atom. The molecule has 0 aliphatic carbocycles. The average molecular weight is 693 g/mol. The number of ether oxygens (including phenoxy) is 3. The van der Waals surface area contributed by atoms with Gasteiger partial charge in [0.05, 0.1) is 6.61 Å². The van der Waals surface area contributed by atoms with Crippen LogP contribution in [0.4, 0.5) is 4.79 Å². The van der Waals surface area contributed by atoms with Crippen LogP contribution in [-0.2, 0) is 23.8 Å². The standard InChI is InChI=1S/C41H76N2O6/c1-5-7-9-11-13-21-27-35-47-39(44)32-25-19-15-17-23-30-38(42-41(46)49-37-29-34-43(3)4)31-24-18-16-20-26-33-40(45)48-36-28-22-14-12-10-8-6-2/h21-22,27-28,38H,5-20,23-26,29-37H2,1-4H3,(H,42,46)/b27-21-,28-22-. The number of carbonyl (C=O) groups excluding carboxylic acids is 3. The summed E-state index contributed by atoms with van der Waals surface area (Å²) in [5.74, 6) is -0.222. The van der Waals surface area contributed by atoms with E-state index in [1.54, 1.807) is 0 Å². The van der Waals surface area contributed by atoms with Crippen LogP contribution in [0.1, 0.15) is 174 Å². The van der Waals surface area contributed by atoms with Crippen molar-refractivity contribution in [2.24, 2.45) is 0 Å². The third-order valence-corrected chi connectivity index (χ3v) is 8.63. The summed E-state index contributed by atoms with van der Waals surface area (Å²) in [5, 5.41) is 3.11. The maximum Gasteiger partial charge on any atom is 0.407 e. The first-order valence-corrected chi connectivity index (χ1v) is 20.1. The third-order valence-electron chi connectivity index (χ3n) is 8.63. The molecule has 0 saturated heterocycles. The summed E-state index contributed by atoms with van der Waals surface area (Å²) < 4.78 is 16.1. The Labute approximate surface area is 301 Å². The minimum Gasteiger partial charge on any atom is -0.461 e. The number of amides is 1. The minimum absolute atomic E-state index is 0.103. The molecule has 0 radical (unpaired) electrons. The van der Waals surface area contributed by atoms with E-state index in [0.29, 0.717) is 32.7 Å². The van der Waals surface area contributed by atoms with Crippen molar-refractivity contribution < 1.29 is 28.6 Å². The molecule has 0 aromatic heterocycles. The van der Waals surface area contributed by atoms with Crippen LogP contribution in [-0.4, -0.2) is 69.4 Å². The predicted octanol–water partition coefficient (Wildman–Crippen LogP) is 10.6. The van der Waals surface area contributed by atoms with Crippen molar-refractivity contribution in [3.8, 4) is 0 Å². The number of carbonyl (C=O) groups is 3. The molecule has 0 bridgehead atoms. The normalized spacial score (nSPS) is 11.6. The van der Waals surface area contributed by atoms with E-state index in [1.165, 1.54) is 51.4 Å². The van der Waals surface area contributed by atoms with E-state index in [-0.39, 0.29) is 24.1 Å². The highest BCUT2D eigenvalue weighted by molar-refractivity contribution is 5.69. The van der Waals surface area contributed by atoms with Crippen molar-refractivity contribution in [2.75, 3.05) is 40.5 Å². The second-order valence-corrected chi connectivity index (χ2v) is 13.8. The van der Waals surface area contributed by atoms with Crippen LogP contribution in [0.25, 0.3) is 0 Å². The maximum atomic E-state index is 12.5. The molecule has 0 rings (SSSR count). The average Bonchev–Trinajstić information content (AvgIpc) is 3.07. The smallest absolute Gasteiger partial charge is 0.407 e. The number of hydrogen-bond donors (Lipinski definition) is 1. The van der Waals surface area contributed by atoms with E-state index in [4.69, 9.17) is 14.2 Å². The van der Waals surface area contributed by atoms with E-state index >= 15 is 0 Å². The molecule has 49 heavy (non-hydrogen) atoms. The molecule has 286 valence electrons. The third kappa shape index (κ3) is 36.7. The number of rotatable bonds is 35. The summed E-state index contributed by atoms with van der Waals surface area (Å²) in [7, 11) is 4.03. The van der Waals surface area contributed by atoms with Gasteiger partial charge in [0.25, 0.3) is 0 Å². The summed E-state index contributed by atoms with van der Waals surface area (Å²) in [5.41, 5.74) is 0. The first-order chi connectivity index (χ1) is 23.9. The zero-order valence-electron chi connectivity index (χ0n) is 32.3. The van der Waals surface area contributed by atoms with Crippen molar-refractivity contribution in [1.82, 2.24) is 10.2 Å². The molecule has 0 aliphatic rings. The number of hydrogen-bond acceptors (Lipinski definition) is 7. The molecule has 0 aliphatic heterocycles. The van der Waals surface area contributed by atoms with Gasteiger partial charge in [-0.3, -0.25) is 9.59 Å². The van der Waals surface area contributed by atoms with Crippen LogP contribution >= 0.6 is 0 Å². The van der Waals surface area contributed by atoms with Crippen LogP contribution in [0.15, 0.2) is 24.3 Å². The van der Waals surface area contributed by atoms with Gasteiger partial charge in [0.2, 0.25) is 0 Å². The number of allylic oxidation sites excluding steroid dienone is 2. The molecular weight excluding hydrogens is 616 g/mol. The van der Waals surface area contributed by atoms with Gasteiger partial charge in [0, 0.05) is 25.4 Å². The van der Waals surface area contributed by atoms with E-state index in [1.807, 2.05) is 26.2 Å². The Morgan fingerprint density at radius 3 is 1.47 bits per heavy atom. The van der Waals surface area contributed by atoms with Crippen LogP contribution in [0.3, 0.4) is 0 Å². The van der Waals surface area contributed by atoms with Gasteiger partial charge in [0.1, 0.15) is 13.2 Å². The van der Waals surface area contributed by atoms with Crippen molar-refractivity contribution in [2.45, 2.75) is 180 Å². The number of alkyl carbamates (subject to hydrolysis) is 1. The summed E-state index contributed by atoms with van der Waals surface area (Å²) >= 11 is 0. The second kappa shape index (κ2) is 36.9. The quantitative estimate of drug-likeness (QED) is 0.0306. The van der Waals surface area contributed by atoms with Gasteiger partial charge in [0.15, 0.2) is 0 Å². The molecule has 0 spiro atoms. The number of nitrogens with zero attached hydrogens (tertiary/aromatic N) is 1. The van der Waals surface area contributed by atoms with E-state index in [0.717, 1.165) is 103 Å². The molecule has 8 nitrogen and oxygen atoms in total. The molecule has 0 unspecified atom stereocenters. The van der Waals surface area contributed by atoms with Crippen molar-refractivity contribution >= 4 is 18.0 Å². The Kier molecular flexibility index (Phi) is 35.1. The summed E-state index contributed by atoms with van der Waals surface area (Å²) in [4.78, 5) is 38.5. The van der Waals surface area contributed by atoms with Crippen LogP contribution < -0.4 is 5.32 Å². The lowest BCUT2D eigenvalue weighted by molar-refractivity contribution is -0.143. The van der Waals surface area contributed by atoms with E-state index in [9.17, 15) is 14.4 Å². The molecule has 1 amide bonds. The monoisotopic (exact) mass is 693 g/mol. The number of nitrogens with one attached hydrogen (secondary N) is 1. The molecule has 0 aromatic carbocycles. The Morgan fingerprint density at radius 1 is 0.551 bits per heavy atom. The van der Waals surface area contributed by atoms with Gasteiger partial charge in [-0.2, -0.15) is 0 Å². The Hall–Kier alpha value is -2.35. The van der Waals surface area contributed by atoms with Crippen LogP contribution in [0.5, 0.6) is 0 Å². The minimum atomic E-state index is -0.321. The largest absolute Gasteiger partial charge is 0.461 e. The molecule has 0 atom stereocenters. The summed E-state index contributed by atoms with van der Waals surface area (Å²) in [6, 6.07) is 0.103. The van der Waals surface area contributed by atoms with Gasteiger partial charge in [-0.15, -0.1) is 0 Å². The Balaban J connectivity index is 4.16. The highest BCUT2D eigenvalue weighted by Crippen LogP contribution is 2.15. The summed E-state index contributed by atoms with van der Waals surface area (Å²) in [6.07, 6.45) is 33.7. The highest BCUT2D eigenvalue weighted by atomic mass is 16.5. The number of esters is 2. The fourth-order valence-electron chi connectivity index (χ4n) is 5.60. The molecule has 0 saturated carbocycles. The second-order valence-electron chi connectivity index (χ2n) is 13.8. The van der Waals surface area contributed by atoms with E-state index in [2.05, 4.69) is 36.2 Å². The fraction of sp³-hybridized carbons (Fsp3) is 0.829. The predicted molar refractivity (Wildman–Crippen MR) is 204 cm³/mol. The lowest BCUT2D eigenvalue weighted by Crippen LogP contribution is -2.35. The van der Waals surface area contributed by atoms with Crippen molar-refractivity contribution in [3.63, 3.8) is 0 Å². The molecule has 0 aromatic rings. The van der Waals surface area contributed by atoms with Gasteiger partial charge in [-0.25, -0.2) is 4.79 Å². The SMILES string of the molecule is CCCCCC/C=C\COC(=O)CCCCCCCC(CCCCCCCC(=O)OC/C=C\CCCCCC)NC(=O)OCCCN(C)C. The highest BCUT2D eigenvalue weighted by Gasteiger charge is 2.13. The topological polar surface area (TPSA) is 94.2 Å². The molecule has 0 heterocycles. The van der Waals surface area contributed by atoms with Crippen molar-refractivity contribution in [1.29, 1.82) is 0 Å². The molecule has 0 fully saturated rings. The number of unbranched alkanes of at least 4 members (excludes halogenated alkanes) is 16. The molecular formula is C41H76N2O6. The first kappa shape index (κ1) is 46.6. The first-order valence-electron chi connectivity index (χ1n) is 20.1. The zero-order chi connectivity index (χ0) is 36.0. The van der Waals surface area contributed by atoms with Gasteiger partial charge < -0.3 is 24.4 Å².